The van der Waals surface area contributed by atoms with Gasteiger partial charge in [-0.2, -0.15) is 13.2 Å². The van der Waals surface area contributed by atoms with Crippen molar-refractivity contribution in [1.82, 2.24) is 15.5 Å². The van der Waals surface area contributed by atoms with Crippen LogP contribution in [0.25, 0.3) is 0 Å². The minimum absolute atomic E-state index is 0.0245. The monoisotopic (exact) mass is 618 g/mol. The van der Waals surface area contributed by atoms with Gasteiger partial charge in [-0.25, -0.2) is 4.79 Å². The molecule has 2 aromatic carbocycles. The van der Waals surface area contributed by atoms with E-state index in [1.807, 2.05) is 0 Å². The van der Waals surface area contributed by atoms with Crippen LogP contribution in [0.15, 0.2) is 48.6 Å². The van der Waals surface area contributed by atoms with Crippen molar-refractivity contribution in [3.8, 4) is 0 Å². The highest BCUT2D eigenvalue weighted by molar-refractivity contribution is 6.31. The summed E-state index contributed by atoms with van der Waals surface area (Å²) in [5.74, 6) is -1.58. The van der Waals surface area contributed by atoms with Crippen molar-refractivity contribution in [3.05, 3.63) is 75.8 Å². The molecular weight excluding hydrogens is 589 g/mol. The first-order valence-corrected chi connectivity index (χ1v) is 13.8. The molecule has 2 aliphatic heterocycles. The van der Waals surface area contributed by atoms with E-state index in [-0.39, 0.29) is 61.3 Å². The number of hydrogen-bond acceptors (Lipinski definition) is 5. The van der Waals surface area contributed by atoms with Gasteiger partial charge in [0.25, 0.3) is 5.91 Å². The molecule has 43 heavy (non-hydrogen) atoms. The Balaban J connectivity index is 1.52. The molecule has 228 valence electrons. The number of benzene rings is 2. The van der Waals surface area contributed by atoms with Gasteiger partial charge in [0.15, 0.2) is 5.78 Å². The van der Waals surface area contributed by atoms with Crippen LogP contribution in [-0.4, -0.2) is 47.0 Å². The molecule has 0 aliphatic carbocycles. The van der Waals surface area contributed by atoms with Crippen LogP contribution in [0, 0.1) is 5.41 Å². The Hall–Kier alpha value is -4.19. The zero-order chi connectivity index (χ0) is 31.9. The Morgan fingerprint density at radius 2 is 1.81 bits per heavy atom. The fourth-order valence-electron chi connectivity index (χ4n) is 4.99. The standard InChI is InChI=1S/C30H30ClF3N4O5/c1-16(25(40)29(2,3)4)14-37(19-6-8-21(22(31)12-19)30(32,33)34)28(43)35-13-17-5-7-20-18(11-17)15-38(27(20)42)23-9-10-24(39)36-26(23)41/h5-8,11-12,23H,1,9-10,13-15H2,2-4H3,(H,35,43)(H,36,39,41). The van der Waals surface area contributed by atoms with Crippen molar-refractivity contribution in [2.45, 2.75) is 58.9 Å². The number of anilines is 1. The summed E-state index contributed by atoms with van der Waals surface area (Å²) < 4.78 is 39.9. The number of piperidine rings is 1. The first kappa shape index (κ1) is 31.7. The van der Waals surface area contributed by atoms with Gasteiger partial charge in [0.05, 0.1) is 17.1 Å². The topological polar surface area (TPSA) is 116 Å². The van der Waals surface area contributed by atoms with E-state index in [9.17, 15) is 37.1 Å². The molecule has 1 atom stereocenters. The maximum absolute atomic E-state index is 13.4. The maximum Gasteiger partial charge on any atom is 0.417 e. The average molecular weight is 619 g/mol. The zero-order valence-corrected chi connectivity index (χ0v) is 24.5. The highest BCUT2D eigenvalue weighted by Crippen LogP contribution is 2.37. The third-order valence-corrected chi connectivity index (χ3v) is 7.51. The Morgan fingerprint density at radius 1 is 1.12 bits per heavy atom. The minimum Gasteiger partial charge on any atom is -0.334 e. The van der Waals surface area contributed by atoms with E-state index in [1.165, 1.54) is 4.90 Å². The molecule has 2 heterocycles. The van der Waals surface area contributed by atoms with E-state index < -0.39 is 40.2 Å². The molecule has 1 saturated heterocycles. The molecular formula is C30H30ClF3N4O5. The largest absolute Gasteiger partial charge is 0.417 e. The number of halogens is 4. The highest BCUT2D eigenvalue weighted by atomic mass is 35.5. The van der Waals surface area contributed by atoms with Crippen LogP contribution in [-0.2, 0) is 33.6 Å². The van der Waals surface area contributed by atoms with Crippen LogP contribution >= 0.6 is 11.6 Å². The van der Waals surface area contributed by atoms with Crippen LogP contribution in [0.4, 0.5) is 23.7 Å². The number of hydrogen-bond donors (Lipinski definition) is 2. The van der Waals surface area contributed by atoms with Gasteiger partial charge in [-0.15, -0.1) is 0 Å². The van der Waals surface area contributed by atoms with E-state index in [2.05, 4.69) is 17.2 Å². The van der Waals surface area contributed by atoms with Crippen molar-refractivity contribution in [1.29, 1.82) is 0 Å². The maximum atomic E-state index is 13.4. The molecule has 1 unspecified atom stereocenters. The Kier molecular flexibility index (Phi) is 8.73. The van der Waals surface area contributed by atoms with Crippen LogP contribution in [0.5, 0.6) is 0 Å². The number of imide groups is 1. The molecule has 2 aliphatic rings. The average Bonchev–Trinajstić information content (AvgIpc) is 3.23. The summed E-state index contributed by atoms with van der Waals surface area (Å²) in [5, 5.41) is 4.34. The summed E-state index contributed by atoms with van der Waals surface area (Å²) in [5.41, 5.74) is -0.127. The Bertz CT molecular complexity index is 1530. The molecule has 5 amide bonds. The van der Waals surface area contributed by atoms with E-state index in [0.717, 1.165) is 23.1 Å². The smallest absolute Gasteiger partial charge is 0.334 e. The number of nitrogens with one attached hydrogen (secondary N) is 2. The molecule has 2 N–H and O–H groups in total. The van der Waals surface area contributed by atoms with Gasteiger partial charge >= 0.3 is 12.2 Å². The molecule has 9 nitrogen and oxygen atoms in total. The molecule has 1 fully saturated rings. The summed E-state index contributed by atoms with van der Waals surface area (Å²) in [7, 11) is 0. The molecule has 0 bridgehead atoms. The van der Waals surface area contributed by atoms with Crippen molar-refractivity contribution in [3.63, 3.8) is 0 Å². The molecule has 13 heteroatoms. The van der Waals surface area contributed by atoms with Gasteiger partial charge in [0.2, 0.25) is 11.8 Å². The first-order valence-electron chi connectivity index (χ1n) is 13.4. The van der Waals surface area contributed by atoms with Crippen LogP contribution < -0.4 is 15.5 Å². The third-order valence-electron chi connectivity index (χ3n) is 7.20. The van der Waals surface area contributed by atoms with E-state index in [4.69, 9.17) is 11.6 Å². The third kappa shape index (κ3) is 6.90. The van der Waals surface area contributed by atoms with Gasteiger partial charge in [-0.05, 0) is 41.8 Å². The molecule has 0 radical (unpaired) electrons. The van der Waals surface area contributed by atoms with Gasteiger partial charge in [-0.3, -0.25) is 29.4 Å². The highest BCUT2D eigenvalue weighted by Gasteiger charge is 2.39. The number of ketones is 1. The SMILES string of the molecule is C=C(CN(C(=O)NCc1ccc2c(c1)CN(C1CCC(=O)NC1=O)C2=O)c1ccc(C(F)(F)F)c(Cl)c1)C(=O)C(C)(C)C. The van der Waals surface area contributed by atoms with Crippen molar-refractivity contribution >= 4 is 46.8 Å². The van der Waals surface area contributed by atoms with Crippen molar-refractivity contribution < 1.29 is 37.1 Å². The Morgan fingerprint density at radius 3 is 2.42 bits per heavy atom. The summed E-state index contributed by atoms with van der Waals surface area (Å²) in [4.78, 5) is 65.4. The normalized spacial score (nSPS) is 17.0. The second-order valence-electron chi connectivity index (χ2n) is 11.5. The number of carbonyl (C=O) groups excluding carboxylic acids is 5. The lowest BCUT2D eigenvalue weighted by molar-refractivity contribution is -0.138. The molecule has 0 aromatic heterocycles. The fourth-order valence-corrected chi connectivity index (χ4v) is 5.27. The summed E-state index contributed by atoms with van der Waals surface area (Å²) in [6.45, 7) is 8.66. The number of alkyl halides is 3. The van der Waals surface area contributed by atoms with Crippen molar-refractivity contribution in [2.24, 2.45) is 5.41 Å². The molecule has 4 rings (SSSR count). The summed E-state index contributed by atoms with van der Waals surface area (Å²) in [6.07, 6.45) is -4.35. The zero-order valence-electron chi connectivity index (χ0n) is 23.7. The Labute approximate surface area is 251 Å². The van der Waals surface area contributed by atoms with E-state index >= 15 is 0 Å². The number of nitrogens with zero attached hydrogens (tertiary/aromatic N) is 2. The van der Waals surface area contributed by atoms with Gasteiger partial charge in [0, 0.05) is 41.7 Å². The molecule has 0 spiro atoms. The molecule has 0 saturated carbocycles. The summed E-state index contributed by atoms with van der Waals surface area (Å²) >= 11 is 5.92. The van der Waals surface area contributed by atoms with E-state index in [1.54, 1.807) is 39.0 Å². The number of rotatable bonds is 7. The fraction of sp³-hybridized carbons (Fsp3) is 0.367. The quantitative estimate of drug-likeness (QED) is 0.334. The number of amides is 5. The molecule has 2 aromatic rings. The summed E-state index contributed by atoms with van der Waals surface area (Å²) in [6, 6.07) is 6.29. The minimum atomic E-state index is -4.70. The van der Waals surface area contributed by atoms with Crippen molar-refractivity contribution in [2.75, 3.05) is 11.4 Å². The van der Waals surface area contributed by atoms with Gasteiger partial charge in [-0.1, -0.05) is 51.1 Å². The predicted molar refractivity (Wildman–Crippen MR) is 152 cm³/mol. The van der Waals surface area contributed by atoms with Gasteiger partial charge < -0.3 is 10.2 Å². The second-order valence-corrected chi connectivity index (χ2v) is 11.9. The first-order chi connectivity index (χ1) is 20.0. The van der Waals surface area contributed by atoms with Crippen LogP contribution in [0.2, 0.25) is 5.02 Å². The van der Waals surface area contributed by atoms with Crippen LogP contribution in [0.3, 0.4) is 0 Å². The lowest BCUT2D eigenvalue weighted by Crippen LogP contribution is -2.52. The lowest BCUT2D eigenvalue weighted by Gasteiger charge is -2.29. The predicted octanol–water partition coefficient (Wildman–Crippen LogP) is 5.01. The van der Waals surface area contributed by atoms with Gasteiger partial charge in [0.1, 0.15) is 6.04 Å². The van der Waals surface area contributed by atoms with Crippen LogP contribution in [0.1, 0.15) is 60.7 Å². The second kappa shape index (κ2) is 11.8. The number of fused-ring (bicyclic) bond motifs is 1. The number of Topliss-reactive ketones (excluding diaryl/α,β-unsaturated/α-hetero) is 1. The lowest BCUT2D eigenvalue weighted by atomic mass is 9.86. The number of urea groups is 1. The number of carbonyl (C=O) groups is 5. The van der Waals surface area contributed by atoms with E-state index in [0.29, 0.717) is 16.7 Å².